The van der Waals surface area contributed by atoms with Crippen molar-refractivity contribution in [2.24, 2.45) is 10.2 Å². The molecule has 0 saturated heterocycles. The molecule has 1 saturated carbocycles. The molecule has 2 atom stereocenters. The van der Waals surface area contributed by atoms with E-state index in [-0.39, 0.29) is 12.0 Å². The van der Waals surface area contributed by atoms with E-state index in [1.807, 2.05) is 14.0 Å². The van der Waals surface area contributed by atoms with Crippen molar-refractivity contribution in [3.8, 4) is 0 Å². The van der Waals surface area contributed by atoms with Crippen LogP contribution in [-0.2, 0) is 0 Å². The number of anilines is 1. The third-order valence-electron chi connectivity index (χ3n) is 4.61. The van der Waals surface area contributed by atoms with Crippen LogP contribution >= 0.6 is 11.8 Å². The molecule has 2 aromatic rings. The van der Waals surface area contributed by atoms with E-state index in [0.29, 0.717) is 5.69 Å². The van der Waals surface area contributed by atoms with Gasteiger partial charge in [-0.15, -0.1) is 0 Å². The molecule has 0 aliphatic heterocycles. The fraction of sp³-hybridized carbons (Fsp3) is 0.474. The number of aromatic nitrogens is 2. The monoisotopic (exact) mass is 391 g/mol. The zero-order valence-electron chi connectivity index (χ0n) is 15.9. The van der Waals surface area contributed by atoms with Crippen LogP contribution in [0.5, 0.6) is 0 Å². The predicted octanol–water partition coefficient (Wildman–Crippen LogP) is 5.27. The second-order valence-electron chi connectivity index (χ2n) is 6.61. The van der Waals surface area contributed by atoms with Gasteiger partial charge in [0, 0.05) is 31.8 Å². The van der Waals surface area contributed by atoms with E-state index >= 15 is 0 Å². The van der Waals surface area contributed by atoms with E-state index in [1.54, 1.807) is 24.9 Å². The number of likely N-dealkylation sites (N-methyl/N-ethyl adjacent to an activating group) is 1. The van der Waals surface area contributed by atoms with E-state index in [2.05, 4.69) is 27.0 Å². The third-order valence-corrected chi connectivity index (χ3v) is 5.67. The van der Waals surface area contributed by atoms with E-state index in [1.165, 1.54) is 12.1 Å². The van der Waals surface area contributed by atoms with Gasteiger partial charge >= 0.3 is 0 Å². The summed E-state index contributed by atoms with van der Waals surface area (Å²) >= 11 is 1.61. The molecule has 3 rings (SSSR count). The van der Waals surface area contributed by atoms with Gasteiger partial charge < -0.3 is 4.90 Å². The first kappa shape index (κ1) is 19.7. The lowest BCUT2D eigenvalue weighted by molar-refractivity contribution is 0.507. The van der Waals surface area contributed by atoms with Gasteiger partial charge in [-0.05, 0) is 37.5 Å². The maximum Gasteiger partial charge on any atom is 0.189 e. The number of hydrogen-bond donors (Lipinski definition) is 0. The molecule has 1 aromatic heterocycles. The van der Waals surface area contributed by atoms with Gasteiger partial charge in [-0.2, -0.15) is 10.2 Å². The van der Waals surface area contributed by atoms with Crippen molar-refractivity contribution in [1.29, 1.82) is 0 Å². The Kier molecular flexibility index (Phi) is 6.04. The van der Waals surface area contributed by atoms with Crippen molar-refractivity contribution >= 4 is 23.3 Å². The molecule has 1 fully saturated rings. The summed E-state index contributed by atoms with van der Waals surface area (Å²) < 4.78 is 26.8. The van der Waals surface area contributed by atoms with E-state index in [0.717, 1.165) is 40.8 Å². The van der Waals surface area contributed by atoms with Crippen LogP contribution in [0.1, 0.15) is 36.9 Å². The van der Waals surface area contributed by atoms with Crippen molar-refractivity contribution in [3.63, 3.8) is 0 Å². The molecule has 1 aliphatic rings. The van der Waals surface area contributed by atoms with Crippen LogP contribution in [0.2, 0.25) is 0 Å². The average molecular weight is 391 g/mol. The number of rotatable bonds is 7. The highest BCUT2D eigenvalue weighted by atomic mass is 32.2. The van der Waals surface area contributed by atoms with Crippen LogP contribution in [0.15, 0.2) is 33.6 Å². The fourth-order valence-electron chi connectivity index (χ4n) is 3.12. The Labute approximate surface area is 162 Å². The normalized spacial score (nSPS) is 18.9. The molecule has 0 spiro atoms. The topological polar surface area (TPSA) is 53.7 Å². The SMILES string of the molecule is CCCSc1nc(C)c(/N=N\C)c(N(C)C2C[C@H]2c2ccc(F)c(F)c2)n1. The summed E-state index contributed by atoms with van der Waals surface area (Å²) in [6.07, 6.45) is 1.89. The summed E-state index contributed by atoms with van der Waals surface area (Å²) in [4.78, 5) is 11.3. The highest BCUT2D eigenvalue weighted by molar-refractivity contribution is 7.99. The van der Waals surface area contributed by atoms with Crippen molar-refractivity contribution < 1.29 is 8.78 Å². The van der Waals surface area contributed by atoms with Crippen molar-refractivity contribution in [3.05, 3.63) is 41.1 Å². The Morgan fingerprint density at radius 1 is 1.26 bits per heavy atom. The van der Waals surface area contributed by atoms with Crippen LogP contribution < -0.4 is 4.90 Å². The molecule has 1 heterocycles. The number of benzene rings is 1. The molecular weight excluding hydrogens is 368 g/mol. The standard InChI is InChI=1S/C19H23F2N5S/c1-5-8-27-19-23-11(2)17(25-22-3)18(24-19)26(4)16-10-13(16)12-6-7-14(20)15(21)9-12/h6-7,9,13,16H,5,8,10H2,1-4H3/b25-22-/t13-,16?/m0/s1. The molecule has 1 unspecified atom stereocenters. The van der Waals surface area contributed by atoms with E-state index in [9.17, 15) is 8.78 Å². The molecule has 0 radical (unpaired) electrons. The van der Waals surface area contributed by atoms with Gasteiger partial charge in [0.2, 0.25) is 0 Å². The molecule has 0 amide bonds. The number of azo groups is 1. The zero-order chi connectivity index (χ0) is 19.6. The minimum absolute atomic E-state index is 0.138. The molecular formula is C19H23F2N5S. The molecule has 5 nitrogen and oxygen atoms in total. The summed E-state index contributed by atoms with van der Waals surface area (Å²) in [7, 11) is 3.57. The summed E-state index contributed by atoms with van der Waals surface area (Å²) in [5.41, 5.74) is 2.23. The van der Waals surface area contributed by atoms with Gasteiger partial charge in [-0.1, -0.05) is 24.8 Å². The zero-order valence-corrected chi connectivity index (χ0v) is 16.7. The second-order valence-corrected chi connectivity index (χ2v) is 7.67. The average Bonchev–Trinajstić information content (AvgIpc) is 3.44. The van der Waals surface area contributed by atoms with Crippen molar-refractivity contribution in [2.45, 2.75) is 43.8 Å². The second kappa shape index (κ2) is 8.29. The van der Waals surface area contributed by atoms with Crippen LogP contribution in [0.3, 0.4) is 0 Å². The fourth-order valence-corrected chi connectivity index (χ4v) is 3.85. The lowest BCUT2D eigenvalue weighted by atomic mass is 10.1. The first-order valence-corrected chi connectivity index (χ1v) is 9.93. The minimum atomic E-state index is -0.820. The van der Waals surface area contributed by atoms with Crippen molar-refractivity contribution in [2.75, 3.05) is 24.7 Å². The van der Waals surface area contributed by atoms with Gasteiger partial charge in [-0.3, -0.25) is 0 Å². The molecule has 27 heavy (non-hydrogen) atoms. The Morgan fingerprint density at radius 3 is 2.70 bits per heavy atom. The van der Waals surface area contributed by atoms with Gasteiger partial charge in [0.1, 0.15) is 5.69 Å². The van der Waals surface area contributed by atoms with Crippen LogP contribution in [-0.4, -0.2) is 35.9 Å². The lowest BCUT2D eigenvalue weighted by Gasteiger charge is -2.21. The Bertz CT molecular complexity index is 858. The van der Waals surface area contributed by atoms with Crippen LogP contribution in [0.25, 0.3) is 0 Å². The Hall–Kier alpha value is -2.09. The van der Waals surface area contributed by atoms with Gasteiger partial charge in [0.25, 0.3) is 0 Å². The molecule has 0 N–H and O–H groups in total. The largest absolute Gasteiger partial charge is 0.354 e. The van der Waals surface area contributed by atoms with Crippen LogP contribution in [0.4, 0.5) is 20.3 Å². The molecule has 1 aromatic carbocycles. The quantitative estimate of drug-likeness (QED) is 0.366. The maximum absolute atomic E-state index is 13.6. The lowest BCUT2D eigenvalue weighted by Crippen LogP contribution is -2.23. The highest BCUT2D eigenvalue weighted by Crippen LogP contribution is 2.47. The first-order valence-electron chi connectivity index (χ1n) is 8.95. The number of hydrogen-bond acceptors (Lipinski definition) is 6. The van der Waals surface area contributed by atoms with Crippen molar-refractivity contribution in [1.82, 2.24) is 9.97 Å². The van der Waals surface area contributed by atoms with Crippen LogP contribution in [0, 0.1) is 18.6 Å². The molecule has 144 valence electrons. The first-order chi connectivity index (χ1) is 13.0. The third kappa shape index (κ3) is 4.26. The summed E-state index contributed by atoms with van der Waals surface area (Å²) in [5.74, 6) is 0.176. The Morgan fingerprint density at radius 2 is 2.04 bits per heavy atom. The minimum Gasteiger partial charge on any atom is -0.354 e. The van der Waals surface area contributed by atoms with Gasteiger partial charge in [-0.25, -0.2) is 18.7 Å². The molecule has 0 bridgehead atoms. The Balaban J connectivity index is 1.88. The smallest absolute Gasteiger partial charge is 0.189 e. The predicted molar refractivity (Wildman–Crippen MR) is 104 cm³/mol. The maximum atomic E-state index is 13.6. The van der Waals surface area contributed by atoms with E-state index < -0.39 is 11.6 Å². The number of nitrogens with zero attached hydrogens (tertiary/aromatic N) is 5. The summed E-state index contributed by atoms with van der Waals surface area (Å²) in [6.45, 7) is 4.02. The molecule has 1 aliphatic carbocycles. The number of aryl methyl sites for hydroxylation is 1. The number of thioether (sulfide) groups is 1. The molecule has 8 heteroatoms. The number of halogens is 2. The van der Waals surface area contributed by atoms with E-state index in [4.69, 9.17) is 4.98 Å². The summed E-state index contributed by atoms with van der Waals surface area (Å²) in [6, 6.07) is 4.27. The van der Waals surface area contributed by atoms with Gasteiger partial charge in [0.05, 0.1) is 5.69 Å². The van der Waals surface area contributed by atoms with Gasteiger partial charge in [0.15, 0.2) is 22.6 Å². The summed E-state index contributed by atoms with van der Waals surface area (Å²) in [5, 5.41) is 8.84. The highest BCUT2D eigenvalue weighted by Gasteiger charge is 2.43.